The second-order valence-corrected chi connectivity index (χ2v) is 13.6. The molecule has 0 saturated carbocycles. The first-order valence-electron chi connectivity index (χ1n) is 14.1. The molecule has 1 atom stereocenters. The molecule has 2 saturated heterocycles. The molecular weight excluding hydrogens is 491 g/mol. The van der Waals surface area contributed by atoms with E-state index in [9.17, 15) is 4.39 Å². The zero-order valence-corrected chi connectivity index (χ0v) is 23.7. The lowest BCUT2D eigenvalue weighted by Crippen LogP contribution is -2.51. The Morgan fingerprint density at radius 3 is 2.39 bits per heavy atom. The lowest BCUT2D eigenvalue weighted by Gasteiger charge is -2.49. The summed E-state index contributed by atoms with van der Waals surface area (Å²) in [5.74, 6) is -0.216. The fourth-order valence-corrected chi connectivity index (χ4v) is 7.47. The summed E-state index contributed by atoms with van der Waals surface area (Å²) in [4.78, 5) is 4.03. The summed E-state index contributed by atoms with van der Waals surface area (Å²) in [6.07, 6.45) is 10.5. The number of likely N-dealkylation sites (tertiary alicyclic amines) is 1. The Bertz CT molecular complexity index is 1300. The molecule has 2 fully saturated rings. The fraction of sp³-hybridized carbons (Fsp3) is 0.469. The van der Waals surface area contributed by atoms with E-state index in [-0.39, 0.29) is 16.6 Å². The van der Waals surface area contributed by atoms with Gasteiger partial charge in [-0.05, 0) is 110 Å². The average molecular weight is 531 g/mol. The summed E-state index contributed by atoms with van der Waals surface area (Å²) in [6.45, 7) is 12.4. The Kier molecular flexibility index (Phi) is 7.00. The molecule has 6 rings (SSSR count). The molecule has 0 bridgehead atoms. The van der Waals surface area contributed by atoms with Gasteiger partial charge in [-0.2, -0.15) is 5.10 Å². The third kappa shape index (κ3) is 5.23. The standard InChI is InChI=1S/C32H39FN4S/c1-31(2,3)25-7-13-29(14-8-25)38-36-18-15-26-19-30-24(21-34-37(30)28-11-9-27(33)10-12-28)20-32(26,23-36)22-35-16-5-4-6-17-35/h7-14,19,21H,4-6,15-18,20,22-23H2,1-3H3/t32-/m0/s1. The highest BCUT2D eigenvalue weighted by Crippen LogP contribution is 2.47. The number of nitrogens with zero attached hydrogens (tertiary/aromatic N) is 4. The van der Waals surface area contributed by atoms with Crippen LogP contribution in [0.4, 0.5) is 4.39 Å². The molecule has 3 aromatic rings. The normalized spacial score (nSPS) is 22.6. The Morgan fingerprint density at radius 1 is 0.947 bits per heavy atom. The van der Waals surface area contributed by atoms with Gasteiger partial charge in [0.05, 0.1) is 17.6 Å². The van der Waals surface area contributed by atoms with Gasteiger partial charge in [-0.25, -0.2) is 13.4 Å². The number of piperidine rings is 2. The maximum absolute atomic E-state index is 13.6. The predicted molar refractivity (Wildman–Crippen MR) is 155 cm³/mol. The Hall–Kier alpha value is -2.41. The summed E-state index contributed by atoms with van der Waals surface area (Å²) in [5.41, 5.74) is 6.59. The molecule has 200 valence electrons. The maximum Gasteiger partial charge on any atom is 0.123 e. The maximum atomic E-state index is 13.6. The van der Waals surface area contributed by atoms with E-state index in [1.807, 2.05) is 35.0 Å². The van der Waals surface area contributed by atoms with Crippen LogP contribution in [-0.4, -0.2) is 51.7 Å². The van der Waals surface area contributed by atoms with Gasteiger partial charge < -0.3 is 4.90 Å². The largest absolute Gasteiger partial charge is 0.302 e. The van der Waals surface area contributed by atoms with Gasteiger partial charge in [-0.3, -0.25) is 0 Å². The van der Waals surface area contributed by atoms with Crippen LogP contribution < -0.4 is 0 Å². The minimum atomic E-state index is -0.216. The molecule has 0 spiro atoms. The summed E-state index contributed by atoms with van der Waals surface area (Å²) < 4.78 is 18.2. The average Bonchev–Trinajstić information content (AvgIpc) is 3.30. The van der Waals surface area contributed by atoms with Crippen LogP contribution in [-0.2, 0) is 11.8 Å². The van der Waals surface area contributed by atoms with Gasteiger partial charge in [-0.15, -0.1) is 0 Å². The van der Waals surface area contributed by atoms with E-state index >= 15 is 0 Å². The molecule has 0 radical (unpaired) electrons. The molecule has 0 amide bonds. The summed E-state index contributed by atoms with van der Waals surface area (Å²) in [7, 11) is 0. The van der Waals surface area contributed by atoms with Gasteiger partial charge in [0.2, 0.25) is 0 Å². The van der Waals surface area contributed by atoms with Crippen molar-refractivity contribution in [3.8, 4) is 5.69 Å². The van der Waals surface area contributed by atoms with Gasteiger partial charge in [0.25, 0.3) is 0 Å². The Balaban J connectivity index is 1.28. The van der Waals surface area contributed by atoms with Crippen molar-refractivity contribution < 1.29 is 4.39 Å². The lowest BCUT2D eigenvalue weighted by atomic mass is 9.68. The van der Waals surface area contributed by atoms with E-state index < -0.39 is 0 Å². The number of fused-ring (bicyclic) bond motifs is 2. The zero-order chi connectivity index (χ0) is 26.3. The third-order valence-electron chi connectivity index (χ3n) is 8.52. The molecule has 0 unspecified atom stereocenters. The van der Waals surface area contributed by atoms with Crippen molar-refractivity contribution in [1.82, 2.24) is 19.0 Å². The molecular formula is C32H39FN4S. The van der Waals surface area contributed by atoms with Crippen LogP contribution >= 0.6 is 11.9 Å². The van der Waals surface area contributed by atoms with Gasteiger partial charge in [0.15, 0.2) is 0 Å². The monoisotopic (exact) mass is 530 g/mol. The van der Waals surface area contributed by atoms with Crippen LogP contribution in [0.5, 0.6) is 0 Å². The zero-order valence-electron chi connectivity index (χ0n) is 22.9. The van der Waals surface area contributed by atoms with E-state index in [0.29, 0.717) is 0 Å². The van der Waals surface area contributed by atoms with E-state index in [4.69, 9.17) is 5.10 Å². The smallest absolute Gasteiger partial charge is 0.123 e. The number of halogens is 1. The number of hydrogen-bond donors (Lipinski definition) is 0. The third-order valence-corrected chi connectivity index (χ3v) is 9.57. The summed E-state index contributed by atoms with van der Waals surface area (Å²) in [6, 6.07) is 15.8. The molecule has 3 aliphatic rings. The van der Waals surface area contributed by atoms with Crippen molar-refractivity contribution in [2.24, 2.45) is 5.41 Å². The van der Waals surface area contributed by atoms with Crippen molar-refractivity contribution in [2.75, 3.05) is 32.7 Å². The van der Waals surface area contributed by atoms with Crippen LogP contribution in [0.3, 0.4) is 0 Å². The van der Waals surface area contributed by atoms with Gasteiger partial charge >= 0.3 is 0 Å². The van der Waals surface area contributed by atoms with Gasteiger partial charge in [-0.1, -0.05) is 44.9 Å². The van der Waals surface area contributed by atoms with Crippen LogP contribution in [0.25, 0.3) is 11.8 Å². The van der Waals surface area contributed by atoms with Crippen molar-refractivity contribution >= 4 is 18.0 Å². The molecule has 0 N–H and O–H groups in total. The topological polar surface area (TPSA) is 24.3 Å². The molecule has 38 heavy (non-hydrogen) atoms. The van der Waals surface area contributed by atoms with Crippen LogP contribution in [0.1, 0.15) is 63.3 Å². The van der Waals surface area contributed by atoms with Gasteiger partial charge in [0, 0.05) is 29.9 Å². The molecule has 3 heterocycles. The van der Waals surface area contributed by atoms with Crippen molar-refractivity contribution in [3.63, 3.8) is 0 Å². The Morgan fingerprint density at radius 2 is 1.68 bits per heavy atom. The van der Waals surface area contributed by atoms with Gasteiger partial charge in [0.1, 0.15) is 5.82 Å². The fourth-order valence-electron chi connectivity index (χ4n) is 6.42. The van der Waals surface area contributed by atoms with Crippen molar-refractivity contribution in [1.29, 1.82) is 0 Å². The first kappa shape index (κ1) is 25.8. The number of aromatic nitrogens is 2. The van der Waals surface area contributed by atoms with Crippen LogP contribution in [0.2, 0.25) is 0 Å². The van der Waals surface area contributed by atoms with E-state index in [2.05, 4.69) is 60.3 Å². The molecule has 2 aromatic carbocycles. The number of benzene rings is 2. The second-order valence-electron chi connectivity index (χ2n) is 12.4. The van der Waals surface area contributed by atoms with E-state index in [0.717, 1.165) is 38.2 Å². The highest BCUT2D eigenvalue weighted by atomic mass is 32.2. The highest BCUT2D eigenvalue weighted by molar-refractivity contribution is 7.97. The Labute approximate surface area is 231 Å². The minimum absolute atomic E-state index is 0.0948. The molecule has 2 aliphatic heterocycles. The first-order valence-corrected chi connectivity index (χ1v) is 14.9. The van der Waals surface area contributed by atoms with Crippen LogP contribution in [0.15, 0.2) is 65.2 Å². The number of rotatable bonds is 5. The molecule has 4 nitrogen and oxygen atoms in total. The lowest BCUT2D eigenvalue weighted by molar-refractivity contribution is 0.118. The number of hydrogen-bond acceptors (Lipinski definition) is 4. The molecule has 1 aromatic heterocycles. The van der Waals surface area contributed by atoms with E-state index in [1.54, 1.807) is 5.57 Å². The summed E-state index contributed by atoms with van der Waals surface area (Å²) >= 11 is 1.92. The first-order chi connectivity index (χ1) is 18.3. The SMILES string of the molecule is CC(C)(C)c1ccc(SN2CCC3=Cc4c(cnn4-c4ccc(F)cc4)C[C@]3(CN3CCCCC3)C2)cc1. The van der Waals surface area contributed by atoms with E-state index in [1.165, 1.54) is 66.2 Å². The summed E-state index contributed by atoms with van der Waals surface area (Å²) in [5, 5.41) is 4.77. The predicted octanol–water partition coefficient (Wildman–Crippen LogP) is 7.13. The van der Waals surface area contributed by atoms with Crippen molar-refractivity contribution in [2.45, 2.75) is 63.2 Å². The van der Waals surface area contributed by atoms with Crippen molar-refractivity contribution in [3.05, 3.63) is 82.9 Å². The minimum Gasteiger partial charge on any atom is -0.302 e. The molecule has 6 heteroatoms. The highest BCUT2D eigenvalue weighted by Gasteiger charge is 2.44. The molecule has 1 aliphatic carbocycles. The van der Waals surface area contributed by atoms with Crippen LogP contribution in [0, 0.1) is 11.2 Å². The quantitative estimate of drug-likeness (QED) is 0.328. The second kappa shape index (κ2) is 10.3.